The fraction of sp³-hybridized carbons (Fsp3) is 0.190. The van der Waals surface area contributed by atoms with Gasteiger partial charge in [0, 0.05) is 30.2 Å². The lowest BCUT2D eigenvalue weighted by Gasteiger charge is -2.22. The van der Waals surface area contributed by atoms with Crippen LogP contribution in [0.3, 0.4) is 0 Å². The number of thioether (sulfide) groups is 1. The summed E-state index contributed by atoms with van der Waals surface area (Å²) in [5, 5.41) is 0.834. The molecule has 0 saturated heterocycles. The molecule has 0 fully saturated rings. The van der Waals surface area contributed by atoms with Gasteiger partial charge in [0.25, 0.3) is 5.91 Å². The SMILES string of the molecule is COC(=O)CN(Cc1ccccc1)C(=O)c1cccc(-n2ccnc2SC)c1. The van der Waals surface area contributed by atoms with Crippen LogP contribution in [-0.2, 0) is 16.1 Å². The maximum absolute atomic E-state index is 13.2. The molecular formula is C21H21N3O3S. The monoisotopic (exact) mass is 395 g/mol. The average molecular weight is 395 g/mol. The Balaban J connectivity index is 1.89. The van der Waals surface area contributed by atoms with Crippen molar-refractivity contribution >= 4 is 23.6 Å². The predicted molar refractivity (Wildman–Crippen MR) is 109 cm³/mol. The van der Waals surface area contributed by atoms with E-state index in [9.17, 15) is 9.59 Å². The summed E-state index contributed by atoms with van der Waals surface area (Å²) in [4.78, 5) is 30.8. The van der Waals surface area contributed by atoms with E-state index in [-0.39, 0.29) is 12.5 Å². The Kier molecular flexibility index (Phi) is 6.49. The Bertz CT molecular complexity index is 956. The van der Waals surface area contributed by atoms with Crippen molar-refractivity contribution in [1.82, 2.24) is 14.5 Å². The molecule has 144 valence electrons. The first kappa shape index (κ1) is 19.7. The molecule has 0 aliphatic heterocycles. The van der Waals surface area contributed by atoms with Crippen molar-refractivity contribution in [3.63, 3.8) is 0 Å². The Labute approximate surface area is 168 Å². The third kappa shape index (κ3) is 4.61. The van der Waals surface area contributed by atoms with E-state index < -0.39 is 5.97 Å². The summed E-state index contributed by atoms with van der Waals surface area (Å²) in [6, 6.07) is 16.9. The van der Waals surface area contributed by atoms with Gasteiger partial charge in [-0.1, -0.05) is 48.2 Å². The summed E-state index contributed by atoms with van der Waals surface area (Å²) < 4.78 is 6.69. The van der Waals surface area contributed by atoms with Crippen molar-refractivity contribution < 1.29 is 14.3 Å². The van der Waals surface area contributed by atoms with Gasteiger partial charge in [-0.3, -0.25) is 14.2 Å². The summed E-state index contributed by atoms with van der Waals surface area (Å²) in [5.74, 6) is -0.693. The largest absolute Gasteiger partial charge is 0.468 e. The van der Waals surface area contributed by atoms with Crippen LogP contribution in [0.1, 0.15) is 15.9 Å². The zero-order valence-electron chi connectivity index (χ0n) is 15.7. The maximum Gasteiger partial charge on any atom is 0.325 e. The van der Waals surface area contributed by atoms with E-state index >= 15 is 0 Å². The standard InChI is InChI=1S/C21H21N3O3S/c1-27-19(25)15-23(14-16-7-4-3-5-8-16)20(26)17-9-6-10-18(13-17)24-12-11-22-21(24)28-2/h3-13H,14-15H2,1-2H3. The Morgan fingerprint density at radius 3 is 2.64 bits per heavy atom. The van der Waals surface area contributed by atoms with Crippen LogP contribution in [0.25, 0.3) is 5.69 Å². The van der Waals surface area contributed by atoms with Gasteiger partial charge in [0.2, 0.25) is 0 Å². The minimum absolute atomic E-state index is 0.115. The molecule has 6 nitrogen and oxygen atoms in total. The number of amides is 1. The molecule has 0 aliphatic rings. The summed E-state index contributed by atoms with van der Waals surface area (Å²) in [6.07, 6.45) is 5.52. The highest BCUT2D eigenvalue weighted by Crippen LogP contribution is 2.20. The van der Waals surface area contributed by atoms with E-state index in [2.05, 4.69) is 4.98 Å². The number of carbonyl (C=O) groups excluding carboxylic acids is 2. The molecule has 0 radical (unpaired) electrons. The predicted octanol–water partition coefficient (Wildman–Crippen LogP) is 3.41. The maximum atomic E-state index is 13.2. The number of imidazole rings is 1. The number of benzene rings is 2. The van der Waals surface area contributed by atoms with Crippen LogP contribution < -0.4 is 0 Å². The second kappa shape index (κ2) is 9.23. The number of hydrogen-bond acceptors (Lipinski definition) is 5. The molecule has 0 bridgehead atoms. The van der Waals surface area contributed by atoms with Crippen molar-refractivity contribution in [1.29, 1.82) is 0 Å². The van der Waals surface area contributed by atoms with Crippen LogP contribution in [0.2, 0.25) is 0 Å². The quantitative estimate of drug-likeness (QED) is 0.453. The molecule has 1 aromatic heterocycles. The molecule has 0 unspecified atom stereocenters. The van der Waals surface area contributed by atoms with Gasteiger partial charge in [-0.2, -0.15) is 0 Å². The molecule has 7 heteroatoms. The molecule has 0 atom stereocenters. The van der Waals surface area contributed by atoms with Crippen LogP contribution in [0.15, 0.2) is 72.1 Å². The number of carbonyl (C=O) groups is 2. The molecule has 1 heterocycles. The molecule has 0 spiro atoms. The van der Waals surface area contributed by atoms with E-state index in [0.29, 0.717) is 12.1 Å². The van der Waals surface area contributed by atoms with Gasteiger partial charge >= 0.3 is 5.97 Å². The molecule has 28 heavy (non-hydrogen) atoms. The smallest absolute Gasteiger partial charge is 0.325 e. The fourth-order valence-corrected chi connectivity index (χ4v) is 3.36. The van der Waals surface area contributed by atoms with Gasteiger partial charge in [0.05, 0.1) is 7.11 Å². The Morgan fingerprint density at radius 2 is 1.93 bits per heavy atom. The zero-order valence-corrected chi connectivity index (χ0v) is 16.6. The van der Waals surface area contributed by atoms with Crippen LogP contribution in [0, 0.1) is 0 Å². The van der Waals surface area contributed by atoms with E-state index in [4.69, 9.17) is 4.74 Å². The van der Waals surface area contributed by atoms with Crippen LogP contribution in [0.4, 0.5) is 0 Å². The molecule has 3 rings (SSSR count). The third-order valence-corrected chi connectivity index (χ3v) is 4.88. The molecule has 1 amide bonds. The number of nitrogens with zero attached hydrogens (tertiary/aromatic N) is 3. The lowest BCUT2D eigenvalue weighted by Crippen LogP contribution is -2.35. The number of esters is 1. The third-order valence-electron chi connectivity index (χ3n) is 4.21. The van der Waals surface area contributed by atoms with Gasteiger partial charge in [0.15, 0.2) is 5.16 Å². The van der Waals surface area contributed by atoms with E-state index in [0.717, 1.165) is 16.4 Å². The highest BCUT2D eigenvalue weighted by atomic mass is 32.2. The van der Waals surface area contributed by atoms with Crippen molar-refractivity contribution in [2.45, 2.75) is 11.7 Å². The van der Waals surface area contributed by atoms with Gasteiger partial charge in [0.1, 0.15) is 6.54 Å². The second-order valence-corrected chi connectivity index (χ2v) is 6.83. The van der Waals surface area contributed by atoms with Crippen molar-refractivity contribution in [3.05, 3.63) is 78.1 Å². The molecule has 0 saturated carbocycles. The normalized spacial score (nSPS) is 10.5. The molecule has 3 aromatic rings. The molecule has 2 aromatic carbocycles. The van der Waals surface area contributed by atoms with E-state index in [1.165, 1.54) is 23.8 Å². The van der Waals surface area contributed by atoms with Gasteiger partial charge in [-0.05, 0) is 30.0 Å². The Hall–Kier alpha value is -3.06. The van der Waals surface area contributed by atoms with E-state index in [1.54, 1.807) is 18.3 Å². The second-order valence-electron chi connectivity index (χ2n) is 6.06. The zero-order chi connectivity index (χ0) is 19.9. The Morgan fingerprint density at radius 1 is 1.14 bits per heavy atom. The molecular weight excluding hydrogens is 374 g/mol. The van der Waals surface area contributed by atoms with Gasteiger partial charge in [-0.15, -0.1) is 0 Å². The lowest BCUT2D eigenvalue weighted by atomic mass is 10.1. The summed E-state index contributed by atoms with van der Waals surface area (Å²) >= 11 is 1.53. The first-order valence-corrected chi connectivity index (χ1v) is 9.92. The first-order chi connectivity index (χ1) is 13.6. The van der Waals surface area contributed by atoms with Crippen LogP contribution in [0.5, 0.6) is 0 Å². The summed E-state index contributed by atoms with van der Waals surface area (Å²) in [5.41, 5.74) is 2.28. The van der Waals surface area contributed by atoms with E-state index in [1.807, 2.05) is 59.5 Å². The number of aromatic nitrogens is 2. The summed E-state index contributed by atoms with van der Waals surface area (Å²) in [6.45, 7) is 0.204. The topological polar surface area (TPSA) is 64.4 Å². The minimum atomic E-state index is -0.459. The van der Waals surface area contributed by atoms with Gasteiger partial charge in [-0.25, -0.2) is 4.98 Å². The van der Waals surface area contributed by atoms with Crippen LogP contribution in [-0.4, -0.2) is 46.2 Å². The molecule has 0 N–H and O–H groups in total. The minimum Gasteiger partial charge on any atom is -0.468 e. The van der Waals surface area contributed by atoms with Crippen molar-refractivity contribution in [3.8, 4) is 5.69 Å². The number of hydrogen-bond donors (Lipinski definition) is 0. The fourth-order valence-electron chi connectivity index (χ4n) is 2.83. The number of rotatable bonds is 7. The lowest BCUT2D eigenvalue weighted by molar-refractivity contribution is -0.141. The van der Waals surface area contributed by atoms with Crippen LogP contribution >= 0.6 is 11.8 Å². The number of methoxy groups -OCH3 is 1. The first-order valence-electron chi connectivity index (χ1n) is 8.70. The van der Waals surface area contributed by atoms with Gasteiger partial charge < -0.3 is 9.64 Å². The molecule has 0 aliphatic carbocycles. The highest BCUT2D eigenvalue weighted by molar-refractivity contribution is 7.98. The average Bonchev–Trinajstić information content (AvgIpc) is 3.22. The number of ether oxygens (including phenoxy) is 1. The van der Waals surface area contributed by atoms with Crippen molar-refractivity contribution in [2.75, 3.05) is 19.9 Å². The van der Waals surface area contributed by atoms with Crippen molar-refractivity contribution in [2.24, 2.45) is 0 Å². The highest BCUT2D eigenvalue weighted by Gasteiger charge is 2.20. The summed E-state index contributed by atoms with van der Waals surface area (Å²) in [7, 11) is 1.32.